The van der Waals surface area contributed by atoms with Crippen molar-refractivity contribution in [3.63, 3.8) is 0 Å². The zero-order valence-corrected chi connectivity index (χ0v) is 13.2. The summed E-state index contributed by atoms with van der Waals surface area (Å²) in [7, 11) is 0. The Balaban J connectivity index is 1.40. The summed E-state index contributed by atoms with van der Waals surface area (Å²) in [5.74, 6) is 0.545. The van der Waals surface area contributed by atoms with E-state index < -0.39 is 0 Å². The summed E-state index contributed by atoms with van der Waals surface area (Å²) < 4.78 is 16.1. The molecule has 0 radical (unpaired) electrons. The Kier molecular flexibility index (Phi) is 4.09. The van der Waals surface area contributed by atoms with E-state index in [-0.39, 0.29) is 17.1 Å². The maximum atomic E-state index is 12.1. The SMILES string of the molecule is O=C(NC[C@]12COC[C@H]1CN(C1CCOCC1)C2)c1ccno1. The second-order valence-electron chi connectivity index (χ2n) is 6.91. The second-order valence-corrected chi connectivity index (χ2v) is 6.91. The molecule has 7 heteroatoms. The number of nitrogens with one attached hydrogen (secondary N) is 1. The smallest absolute Gasteiger partial charge is 0.289 e. The van der Waals surface area contributed by atoms with Gasteiger partial charge >= 0.3 is 0 Å². The minimum absolute atomic E-state index is 0.0218. The van der Waals surface area contributed by atoms with Gasteiger partial charge in [-0.2, -0.15) is 0 Å². The van der Waals surface area contributed by atoms with Crippen LogP contribution in [0, 0.1) is 11.3 Å². The number of fused-ring (bicyclic) bond motifs is 1. The Morgan fingerprint density at radius 1 is 1.39 bits per heavy atom. The van der Waals surface area contributed by atoms with Crippen LogP contribution in [0.3, 0.4) is 0 Å². The van der Waals surface area contributed by atoms with Crippen LogP contribution in [-0.4, -0.2) is 68.1 Å². The van der Waals surface area contributed by atoms with Crippen molar-refractivity contribution in [2.45, 2.75) is 18.9 Å². The van der Waals surface area contributed by atoms with Crippen molar-refractivity contribution in [2.75, 3.05) is 46.1 Å². The van der Waals surface area contributed by atoms with Gasteiger partial charge in [-0.1, -0.05) is 5.16 Å². The Morgan fingerprint density at radius 3 is 3.04 bits per heavy atom. The first-order valence-corrected chi connectivity index (χ1v) is 8.35. The third-order valence-corrected chi connectivity index (χ3v) is 5.52. The fourth-order valence-electron chi connectivity index (χ4n) is 4.13. The van der Waals surface area contributed by atoms with Crippen molar-refractivity contribution in [3.05, 3.63) is 18.0 Å². The maximum Gasteiger partial charge on any atom is 0.289 e. The summed E-state index contributed by atoms with van der Waals surface area (Å²) in [5, 5.41) is 6.59. The maximum absolute atomic E-state index is 12.1. The van der Waals surface area contributed by atoms with Crippen molar-refractivity contribution in [1.82, 2.24) is 15.4 Å². The van der Waals surface area contributed by atoms with E-state index >= 15 is 0 Å². The number of amides is 1. The molecular formula is C16H23N3O4. The fraction of sp³-hybridized carbons (Fsp3) is 0.750. The van der Waals surface area contributed by atoms with Gasteiger partial charge in [0.05, 0.1) is 19.4 Å². The molecule has 0 unspecified atom stereocenters. The largest absolute Gasteiger partial charge is 0.381 e. The number of carbonyl (C=O) groups is 1. The molecule has 0 saturated carbocycles. The van der Waals surface area contributed by atoms with Crippen molar-refractivity contribution < 1.29 is 18.8 Å². The van der Waals surface area contributed by atoms with Crippen molar-refractivity contribution in [2.24, 2.45) is 11.3 Å². The third-order valence-electron chi connectivity index (χ3n) is 5.52. The van der Waals surface area contributed by atoms with Crippen LogP contribution in [0.1, 0.15) is 23.4 Å². The van der Waals surface area contributed by atoms with Crippen LogP contribution in [0.4, 0.5) is 0 Å². The second kappa shape index (κ2) is 6.22. The molecule has 3 saturated heterocycles. The van der Waals surface area contributed by atoms with E-state index in [0.717, 1.165) is 45.8 Å². The number of aromatic nitrogens is 1. The van der Waals surface area contributed by atoms with Gasteiger partial charge in [0.25, 0.3) is 5.91 Å². The van der Waals surface area contributed by atoms with Crippen LogP contribution in [-0.2, 0) is 9.47 Å². The first kappa shape index (κ1) is 15.1. The molecule has 23 heavy (non-hydrogen) atoms. The monoisotopic (exact) mass is 321 g/mol. The average molecular weight is 321 g/mol. The van der Waals surface area contributed by atoms with Gasteiger partial charge in [0.2, 0.25) is 5.76 Å². The first-order chi connectivity index (χ1) is 11.3. The molecule has 1 N–H and O–H groups in total. The van der Waals surface area contributed by atoms with E-state index in [1.54, 1.807) is 6.07 Å². The van der Waals surface area contributed by atoms with E-state index in [0.29, 0.717) is 25.1 Å². The standard InChI is InChI=1S/C16H23N3O4/c20-15(14-1-4-18-23-14)17-9-16-10-19(7-12(16)8-22-11-16)13-2-5-21-6-3-13/h1,4,12-13H,2-3,5-11H2,(H,17,20)/t12-,16+/m1/s1. The third kappa shape index (κ3) is 2.88. The van der Waals surface area contributed by atoms with Gasteiger partial charge < -0.3 is 19.3 Å². The van der Waals surface area contributed by atoms with Crippen molar-refractivity contribution in [1.29, 1.82) is 0 Å². The molecule has 1 aromatic rings. The summed E-state index contributed by atoms with van der Waals surface area (Å²) in [6.45, 7) is 5.89. The number of carbonyl (C=O) groups excluding carboxylic acids is 1. The zero-order chi connectivity index (χ0) is 15.7. The van der Waals surface area contributed by atoms with E-state index in [1.807, 2.05) is 0 Å². The van der Waals surface area contributed by atoms with Gasteiger partial charge in [-0.25, -0.2) is 0 Å². The molecule has 4 heterocycles. The average Bonchev–Trinajstić information content (AvgIpc) is 3.29. The van der Waals surface area contributed by atoms with Gasteiger partial charge in [0.15, 0.2) is 0 Å². The first-order valence-electron chi connectivity index (χ1n) is 8.35. The van der Waals surface area contributed by atoms with Gasteiger partial charge in [-0.15, -0.1) is 0 Å². The molecule has 1 aromatic heterocycles. The van der Waals surface area contributed by atoms with Crippen LogP contribution in [0.15, 0.2) is 16.8 Å². The Bertz CT molecular complexity index is 544. The lowest BCUT2D eigenvalue weighted by Crippen LogP contribution is -2.45. The highest BCUT2D eigenvalue weighted by Crippen LogP contribution is 2.42. The van der Waals surface area contributed by atoms with E-state index in [4.69, 9.17) is 14.0 Å². The molecule has 126 valence electrons. The van der Waals surface area contributed by atoms with Crippen LogP contribution < -0.4 is 5.32 Å². The number of likely N-dealkylation sites (tertiary alicyclic amines) is 1. The van der Waals surface area contributed by atoms with Gasteiger partial charge in [0, 0.05) is 56.3 Å². The van der Waals surface area contributed by atoms with E-state index in [1.165, 1.54) is 6.20 Å². The fourth-order valence-corrected chi connectivity index (χ4v) is 4.13. The van der Waals surface area contributed by atoms with Gasteiger partial charge in [-0.3, -0.25) is 9.69 Å². The number of ether oxygens (including phenoxy) is 2. The molecule has 3 fully saturated rings. The van der Waals surface area contributed by atoms with E-state index in [2.05, 4.69) is 15.4 Å². The molecule has 4 rings (SSSR count). The summed E-state index contributed by atoms with van der Waals surface area (Å²) in [6, 6.07) is 2.19. The normalized spacial score (nSPS) is 32.1. The highest BCUT2D eigenvalue weighted by molar-refractivity contribution is 5.91. The highest BCUT2D eigenvalue weighted by Gasteiger charge is 2.51. The van der Waals surface area contributed by atoms with Gasteiger partial charge in [-0.05, 0) is 12.8 Å². The predicted octanol–water partition coefficient (Wildman–Crippen LogP) is 0.532. The lowest BCUT2D eigenvalue weighted by atomic mass is 9.81. The molecule has 3 aliphatic heterocycles. The lowest BCUT2D eigenvalue weighted by Gasteiger charge is -2.33. The molecule has 3 aliphatic rings. The van der Waals surface area contributed by atoms with Crippen LogP contribution in [0.5, 0.6) is 0 Å². The Morgan fingerprint density at radius 2 is 2.26 bits per heavy atom. The minimum atomic E-state index is -0.202. The molecule has 1 amide bonds. The Hall–Kier alpha value is -1.44. The predicted molar refractivity (Wildman–Crippen MR) is 81.0 cm³/mol. The summed E-state index contributed by atoms with van der Waals surface area (Å²) in [6.07, 6.45) is 3.69. The quantitative estimate of drug-likeness (QED) is 0.872. The highest BCUT2D eigenvalue weighted by atomic mass is 16.5. The molecule has 0 spiro atoms. The van der Waals surface area contributed by atoms with Gasteiger partial charge in [0.1, 0.15) is 0 Å². The summed E-state index contributed by atoms with van der Waals surface area (Å²) in [4.78, 5) is 14.7. The number of nitrogens with zero attached hydrogens (tertiary/aromatic N) is 2. The molecular weight excluding hydrogens is 298 g/mol. The number of hydrogen-bond acceptors (Lipinski definition) is 6. The lowest BCUT2D eigenvalue weighted by molar-refractivity contribution is 0.0306. The topological polar surface area (TPSA) is 76.8 Å². The Labute approximate surface area is 135 Å². The number of hydrogen-bond donors (Lipinski definition) is 1. The number of rotatable bonds is 4. The minimum Gasteiger partial charge on any atom is -0.381 e. The molecule has 0 bridgehead atoms. The zero-order valence-electron chi connectivity index (χ0n) is 13.2. The van der Waals surface area contributed by atoms with Crippen molar-refractivity contribution >= 4 is 5.91 Å². The molecule has 0 aliphatic carbocycles. The molecule has 2 atom stereocenters. The van der Waals surface area contributed by atoms with Crippen LogP contribution in [0.25, 0.3) is 0 Å². The van der Waals surface area contributed by atoms with Crippen molar-refractivity contribution in [3.8, 4) is 0 Å². The van der Waals surface area contributed by atoms with Crippen LogP contribution >= 0.6 is 0 Å². The van der Waals surface area contributed by atoms with Crippen LogP contribution in [0.2, 0.25) is 0 Å². The molecule has 0 aromatic carbocycles. The summed E-state index contributed by atoms with van der Waals surface area (Å²) >= 11 is 0. The summed E-state index contributed by atoms with van der Waals surface area (Å²) in [5.41, 5.74) is 0.0218. The molecule has 7 nitrogen and oxygen atoms in total. The van der Waals surface area contributed by atoms with E-state index in [9.17, 15) is 4.79 Å².